The van der Waals surface area contributed by atoms with Gasteiger partial charge in [-0.15, -0.1) is 0 Å². The molecule has 0 fully saturated rings. The van der Waals surface area contributed by atoms with Gasteiger partial charge in [-0.05, 0) is 18.9 Å². The molecule has 5 nitrogen and oxygen atoms in total. The van der Waals surface area contributed by atoms with Gasteiger partial charge in [0.2, 0.25) is 0 Å². The molecule has 0 aliphatic rings. The highest BCUT2D eigenvalue weighted by Gasteiger charge is 2.20. The number of carbonyl (C=O) groups is 1. The quantitative estimate of drug-likeness (QED) is 0.565. The normalized spacial score (nSPS) is 12.1. The van der Waals surface area contributed by atoms with Crippen molar-refractivity contribution in [1.29, 1.82) is 0 Å². The molecule has 0 radical (unpaired) electrons. The van der Waals surface area contributed by atoms with Crippen molar-refractivity contribution in [1.82, 2.24) is 9.97 Å². The molecular formula is C18H22N2O3S. The number of thioether (sulfide) groups is 1. The van der Waals surface area contributed by atoms with Crippen molar-refractivity contribution < 1.29 is 9.90 Å². The molecule has 1 atom stereocenters. The average Bonchev–Trinajstić information content (AvgIpc) is 2.55. The second-order valence-corrected chi connectivity index (χ2v) is 6.88. The number of nitrogens with one attached hydrogen (secondary N) is 1. The molecule has 6 heteroatoms. The van der Waals surface area contributed by atoms with Gasteiger partial charge in [-0.25, -0.2) is 4.98 Å². The van der Waals surface area contributed by atoms with Crippen LogP contribution in [-0.4, -0.2) is 26.3 Å². The van der Waals surface area contributed by atoms with Crippen molar-refractivity contribution in [3.05, 3.63) is 57.5 Å². The summed E-state index contributed by atoms with van der Waals surface area (Å²) in [4.78, 5) is 30.9. The molecule has 2 rings (SSSR count). The van der Waals surface area contributed by atoms with E-state index in [1.807, 2.05) is 37.3 Å². The first-order valence-electron chi connectivity index (χ1n) is 8.04. The highest BCUT2D eigenvalue weighted by atomic mass is 32.2. The summed E-state index contributed by atoms with van der Waals surface area (Å²) in [6, 6.07) is 9.73. The first-order valence-corrected chi connectivity index (χ1v) is 8.92. The molecule has 0 saturated heterocycles. The Morgan fingerprint density at radius 3 is 2.62 bits per heavy atom. The fourth-order valence-electron chi connectivity index (χ4n) is 2.41. The van der Waals surface area contributed by atoms with E-state index in [9.17, 15) is 14.7 Å². The van der Waals surface area contributed by atoms with Crippen molar-refractivity contribution >= 4 is 17.7 Å². The first-order chi connectivity index (χ1) is 11.5. The SMILES string of the molecule is CCCC[C@@H](Sc1nc(C)c(Cc2ccccc2)c(=O)[nH]1)C(=O)O. The Bertz CT molecular complexity index is 744. The van der Waals surface area contributed by atoms with Crippen LogP contribution in [0.15, 0.2) is 40.3 Å². The molecule has 1 aromatic heterocycles. The number of nitrogens with zero attached hydrogens (tertiary/aromatic N) is 1. The minimum Gasteiger partial charge on any atom is -0.480 e. The number of carboxylic acids is 1. The van der Waals surface area contributed by atoms with Gasteiger partial charge in [0.15, 0.2) is 5.16 Å². The maximum Gasteiger partial charge on any atom is 0.317 e. The number of benzene rings is 1. The zero-order valence-corrected chi connectivity index (χ0v) is 14.7. The van der Waals surface area contributed by atoms with Gasteiger partial charge in [-0.3, -0.25) is 9.59 Å². The zero-order chi connectivity index (χ0) is 17.5. The van der Waals surface area contributed by atoms with E-state index in [-0.39, 0.29) is 5.56 Å². The molecule has 0 aliphatic heterocycles. The highest BCUT2D eigenvalue weighted by molar-refractivity contribution is 8.00. The largest absolute Gasteiger partial charge is 0.480 e. The molecule has 0 bridgehead atoms. The predicted molar refractivity (Wildman–Crippen MR) is 95.6 cm³/mol. The molecule has 1 heterocycles. The van der Waals surface area contributed by atoms with Crippen LogP contribution in [0.1, 0.15) is 43.0 Å². The van der Waals surface area contributed by atoms with E-state index in [0.717, 1.165) is 30.2 Å². The Kier molecular flexibility index (Phi) is 6.61. The number of rotatable bonds is 8. The fourth-order valence-corrected chi connectivity index (χ4v) is 3.40. The molecule has 128 valence electrons. The summed E-state index contributed by atoms with van der Waals surface area (Å²) in [5.74, 6) is -0.873. The lowest BCUT2D eigenvalue weighted by molar-refractivity contribution is -0.136. The summed E-state index contributed by atoms with van der Waals surface area (Å²) in [5, 5.41) is 9.09. The van der Waals surface area contributed by atoms with Gasteiger partial charge in [-0.1, -0.05) is 61.9 Å². The number of hydrogen-bond acceptors (Lipinski definition) is 4. The number of aromatic nitrogens is 2. The van der Waals surface area contributed by atoms with Crippen LogP contribution in [0.25, 0.3) is 0 Å². The lowest BCUT2D eigenvalue weighted by atomic mass is 10.1. The third kappa shape index (κ3) is 4.96. The van der Waals surface area contributed by atoms with Gasteiger partial charge in [0, 0.05) is 17.7 Å². The molecule has 1 aromatic carbocycles. The van der Waals surface area contributed by atoms with Crippen LogP contribution in [0.4, 0.5) is 0 Å². The van der Waals surface area contributed by atoms with Crippen LogP contribution >= 0.6 is 11.8 Å². The molecule has 2 N–H and O–H groups in total. The van der Waals surface area contributed by atoms with E-state index in [0.29, 0.717) is 29.3 Å². The van der Waals surface area contributed by atoms with Crippen LogP contribution in [-0.2, 0) is 11.2 Å². The number of carboxylic acid groups (broad SMARTS) is 1. The third-order valence-corrected chi connectivity index (χ3v) is 4.91. The van der Waals surface area contributed by atoms with E-state index < -0.39 is 11.2 Å². The number of aryl methyl sites for hydroxylation is 1. The molecule has 0 amide bonds. The Morgan fingerprint density at radius 2 is 2.04 bits per heavy atom. The van der Waals surface area contributed by atoms with E-state index in [1.165, 1.54) is 0 Å². The maximum atomic E-state index is 12.4. The summed E-state index contributed by atoms with van der Waals surface area (Å²) in [6.45, 7) is 3.81. The predicted octanol–water partition coefficient (Wildman–Crippen LogP) is 3.40. The second-order valence-electron chi connectivity index (χ2n) is 5.68. The Hall–Kier alpha value is -2.08. The number of aliphatic carboxylic acids is 1. The smallest absolute Gasteiger partial charge is 0.317 e. The summed E-state index contributed by atoms with van der Waals surface area (Å²) in [6.07, 6.45) is 2.84. The van der Waals surface area contributed by atoms with Gasteiger partial charge in [0.05, 0.1) is 0 Å². The second kappa shape index (κ2) is 8.68. The molecule has 24 heavy (non-hydrogen) atoms. The van der Waals surface area contributed by atoms with Crippen molar-refractivity contribution in [2.24, 2.45) is 0 Å². The number of aromatic amines is 1. The summed E-state index contributed by atoms with van der Waals surface area (Å²) in [7, 11) is 0. The number of unbranched alkanes of at least 4 members (excludes halogenated alkanes) is 1. The van der Waals surface area contributed by atoms with E-state index >= 15 is 0 Å². The van der Waals surface area contributed by atoms with Gasteiger partial charge in [-0.2, -0.15) is 0 Å². The Balaban J connectivity index is 2.19. The number of hydrogen-bond donors (Lipinski definition) is 2. The topological polar surface area (TPSA) is 83.0 Å². The lowest BCUT2D eigenvalue weighted by Gasteiger charge is -2.12. The minimum absolute atomic E-state index is 0.200. The zero-order valence-electron chi connectivity index (χ0n) is 13.9. The van der Waals surface area contributed by atoms with E-state index in [4.69, 9.17) is 0 Å². The van der Waals surface area contributed by atoms with Crippen molar-refractivity contribution in [2.45, 2.75) is 49.9 Å². The van der Waals surface area contributed by atoms with Crippen molar-refractivity contribution in [3.63, 3.8) is 0 Å². The Morgan fingerprint density at radius 1 is 1.33 bits per heavy atom. The van der Waals surface area contributed by atoms with Gasteiger partial charge >= 0.3 is 5.97 Å². The maximum absolute atomic E-state index is 12.4. The molecule has 0 spiro atoms. The lowest BCUT2D eigenvalue weighted by Crippen LogP contribution is -2.21. The van der Waals surface area contributed by atoms with Crippen molar-refractivity contribution in [2.75, 3.05) is 0 Å². The highest BCUT2D eigenvalue weighted by Crippen LogP contribution is 2.24. The van der Waals surface area contributed by atoms with Crippen LogP contribution < -0.4 is 5.56 Å². The third-order valence-electron chi connectivity index (χ3n) is 3.77. The molecule has 0 unspecified atom stereocenters. The minimum atomic E-state index is -0.873. The van der Waals surface area contributed by atoms with E-state index in [1.54, 1.807) is 6.92 Å². The van der Waals surface area contributed by atoms with Gasteiger partial charge in [0.25, 0.3) is 5.56 Å². The summed E-state index contributed by atoms with van der Waals surface area (Å²) in [5.41, 5.74) is 2.10. The van der Waals surface area contributed by atoms with Crippen LogP contribution in [0, 0.1) is 6.92 Å². The molecule has 2 aromatic rings. The standard InChI is InChI=1S/C18H22N2O3S/c1-3-4-10-15(17(22)23)24-18-19-12(2)14(16(21)20-18)11-13-8-6-5-7-9-13/h5-9,15H,3-4,10-11H2,1-2H3,(H,22,23)(H,19,20,21)/t15-/m1/s1. The molecular weight excluding hydrogens is 324 g/mol. The van der Waals surface area contributed by atoms with Crippen LogP contribution in [0.2, 0.25) is 0 Å². The van der Waals surface area contributed by atoms with E-state index in [2.05, 4.69) is 9.97 Å². The summed E-state index contributed by atoms with van der Waals surface area (Å²) < 4.78 is 0. The Labute approximate surface area is 145 Å². The van der Waals surface area contributed by atoms with Crippen molar-refractivity contribution in [3.8, 4) is 0 Å². The average molecular weight is 346 g/mol. The fraction of sp³-hybridized carbons (Fsp3) is 0.389. The summed E-state index contributed by atoms with van der Waals surface area (Å²) >= 11 is 1.11. The van der Waals surface area contributed by atoms with Crippen LogP contribution in [0.3, 0.4) is 0 Å². The molecule has 0 aliphatic carbocycles. The monoisotopic (exact) mass is 346 g/mol. The van der Waals surface area contributed by atoms with Gasteiger partial charge in [0.1, 0.15) is 5.25 Å². The van der Waals surface area contributed by atoms with Gasteiger partial charge < -0.3 is 10.1 Å². The number of H-pyrrole nitrogens is 1. The molecule has 0 saturated carbocycles. The first kappa shape index (κ1) is 18.3. The van der Waals surface area contributed by atoms with Crippen LogP contribution in [0.5, 0.6) is 0 Å².